The van der Waals surface area contributed by atoms with Crippen molar-refractivity contribution in [3.8, 4) is 0 Å². The SMILES string of the molecule is CCCC1CCC(NC(=O)Cc2ccc(S)cc2)CC1. The fourth-order valence-corrected chi connectivity index (χ4v) is 3.23. The lowest BCUT2D eigenvalue weighted by molar-refractivity contribution is -0.121. The van der Waals surface area contributed by atoms with Gasteiger partial charge in [-0.1, -0.05) is 31.9 Å². The molecule has 1 aromatic rings. The van der Waals surface area contributed by atoms with E-state index in [4.69, 9.17) is 0 Å². The molecule has 2 rings (SSSR count). The Balaban J connectivity index is 1.74. The number of carbonyl (C=O) groups is 1. The first kappa shape index (κ1) is 15.4. The molecule has 0 heterocycles. The van der Waals surface area contributed by atoms with Crippen LogP contribution in [0.3, 0.4) is 0 Å². The van der Waals surface area contributed by atoms with E-state index < -0.39 is 0 Å². The molecule has 20 heavy (non-hydrogen) atoms. The molecule has 1 fully saturated rings. The lowest BCUT2D eigenvalue weighted by Gasteiger charge is -2.29. The Morgan fingerprint density at radius 3 is 2.45 bits per heavy atom. The quantitative estimate of drug-likeness (QED) is 0.789. The molecule has 0 radical (unpaired) electrons. The van der Waals surface area contributed by atoms with Crippen LogP contribution in [0, 0.1) is 5.92 Å². The van der Waals surface area contributed by atoms with Crippen LogP contribution in [-0.4, -0.2) is 11.9 Å². The van der Waals surface area contributed by atoms with E-state index in [-0.39, 0.29) is 5.91 Å². The van der Waals surface area contributed by atoms with Crippen molar-refractivity contribution in [3.63, 3.8) is 0 Å². The summed E-state index contributed by atoms with van der Waals surface area (Å²) in [5, 5.41) is 3.19. The zero-order valence-electron chi connectivity index (χ0n) is 12.3. The molecule has 0 saturated heterocycles. The van der Waals surface area contributed by atoms with Gasteiger partial charge in [-0.3, -0.25) is 4.79 Å². The Morgan fingerprint density at radius 1 is 1.20 bits per heavy atom. The van der Waals surface area contributed by atoms with E-state index in [2.05, 4.69) is 24.9 Å². The molecule has 2 nitrogen and oxygen atoms in total. The van der Waals surface area contributed by atoms with Gasteiger partial charge in [0.25, 0.3) is 0 Å². The van der Waals surface area contributed by atoms with E-state index in [9.17, 15) is 4.79 Å². The predicted molar refractivity (Wildman–Crippen MR) is 86.2 cm³/mol. The van der Waals surface area contributed by atoms with Gasteiger partial charge in [0.15, 0.2) is 0 Å². The van der Waals surface area contributed by atoms with Crippen molar-refractivity contribution in [2.24, 2.45) is 5.92 Å². The van der Waals surface area contributed by atoms with Gasteiger partial charge < -0.3 is 5.32 Å². The molecular weight excluding hydrogens is 266 g/mol. The van der Waals surface area contributed by atoms with Crippen LogP contribution in [0.2, 0.25) is 0 Å². The highest BCUT2D eigenvalue weighted by Crippen LogP contribution is 2.27. The van der Waals surface area contributed by atoms with E-state index in [0.717, 1.165) is 29.2 Å². The minimum atomic E-state index is 0.149. The van der Waals surface area contributed by atoms with Crippen molar-refractivity contribution in [2.45, 2.75) is 62.8 Å². The lowest BCUT2D eigenvalue weighted by atomic mass is 9.83. The first-order valence-corrected chi connectivity index (χ1v) is 8.19. The molecule has 0 unspecified atom stereocenters. The van der Waals surface area contributed by atoms with Gasteiger partial charge in [-0.2, -0.15) is 0 Å². The first-order chi connectivity index (χ1) is 9.67. The Labute approximate surface area is 127 Å². The van der Waals surface area contributed by atoms with E-state index >= 15 is 0 Å². The lowest BCUT2D eigenvalue weighted by Crippen LogP contribution is -2.38. The molecule has 1 aromatic carbocycles. The Bertz CT molecular complexity index is 421. The molecule has 110 valence electrons. The fourth-order valence-electron chi connectivity index (χ4n) is 3.08. The van der Waals surface area contributed by atoms with Crippen molar-refractivity contribution in [1.82, 2.24) is 5.32 Å². The number of hydrogen-bond acceptors (Lipinski definition) is 2. The van der Waals surface area contributed by atoms with Crippen molar-refractivity contribution in [1.29, 1.82) is 0 Å². The van der Waals surface area contributed by atoms with Gasteiger partial charge in [0.1, 0.15) is 0 Å². The second-order valence-electron chi connectivity index (χ2n) is 5.92. The van der Waals surface area contributed by atoms with E-state index in [0.29, 0.717) is 12.5 Å². The molecule has 0 atom stereocenters. The van der Waals surface area contributed by atoms with Crippen molar-refractivity contribution in [2.75, 3.05) is 0 Å². The van der Waals surface area contributed by atoms with Crippen LogP contribution in [-0.2, 0) is 11.2 Å². The monoisotopic (exact) mass is 291 g/mol. The van der Waals surface area contributed by atoms with Gasteiger partial charge in [-0.25, -0.2) is 0 Å². The highest BCUT2D eigenvalue weighted by Gasteiger charge is 2.21. The van der Waals surface area contributed by atoms with Crippen LogP contribution in [0.25, 0.3) is 0 Å². The molecule has 0 aromatic heterocycles. The van der Waals surface area contributed by atoms with Crippen LogP contribution in [0.15, 0.2) is 29.2 Å². The van der Waals surface area contributed by atoms with Crippen molar-refractivity contribution in [3.05, 3.63) is 29.8 Å². The summed E-state index contributed by atoms with van der Waals surface area (Å²) >= 11 is 4.25. The highest BCUT2D eigenvalue weighted by molar-refractivity contribution is 7.80. The highest BCUT2D eigenvalue weighted by atomic mass is 32.1. The summed E-state index contributed by atoms with van der Waals surface area (Å²) in [6.07, 6.45) is 7.93. The first-order valence-electron chi connectivity index (χ1n) is 7.74. The summed E-state index contributed by atoms with van der Waals surface area (Å²) in [5.74, 6) is 1.03. The minimum absolute atomic E-state index is 0.149. The van der Waals surface area contributed by atoms with E-state index in [1.165, 1.54) is 25.7 Å². The van der Waals surface area contributed by atoms with Crippen molar-refractivity contribution < 1.29 is 4.79 Å². The summed E-state index contributed by atoms with van der Waals surface area (Å²) < 4.78 is 0. The van der Waals surface area contributed by atoms with E-state index in [1.54, 1.807) is 0 Å². The summed E-state index contributed by atoms with van der Waals surface area (Å²) in [6, 6.07) is 8.20. The third-order valence-corrected chi connectivity index (χ3v) is 4.51. The third kappa shape index (κ3) is 4.86. The largest absolute Gasteiger partial charge is 0.353 e. The molecule has 1 N–H and O–H groups in total. The molecule has 1 aliphatic carbocycles. The third-order valence-electron chi connectivity index (χ3n) is 4.21. The average molecular weight is 291 g/mol. The number of carbonyl (C=O) groups excluding carboxylic acids is 1. The van der Waals surface area contributed by atoms with Gasteiger partial charge in [0.05, 0.1) is 6.42 Å². The average Bonchev–Trinajstić information content (AvgIpc) is 2.44. The molecule has 1 saturated carbocycles. The number of amides is 1. The molecule has 1 aliphatic rings. The number of rotatable bonds is 5. The van der Waals surface area contributed by atoms with Crippen molar-refractivity contribution >= 4 is 18.5 Å². The number of benzene rings is 1. The summed E-state index contributed by atoms with van der Waals surface area (Å²) in [7, 11) is 0. The van der Waals surface area contributed by atoms with Crippen LogP contribution < -0.4 is 5.32 Å². The van der Waals surface area contributed by atoms with E-state index in [1.807, 2.05) is 24.3 Å². The Kier molecular flexibility index (Phi) is 5.96. The zero-order chi connectivity index (χ0) is 14.4. The minimum Gasteiger partial charge on any atom is -0.353 e. The van der Waals surface area contributed by atoms with Crippen LogP contribution >= 0.6 is 12.6 Å². The standard InChI is InChI=1S/C17H25NOS/c1-2-3-13-4-8-15(9-5-13)18-17(19)12-14-6-10-16(20)11-7-14/h6-7,10-11,13,15,20H,2-5,8-9,12H2,1H3,(H,18,19). The number of hydrogen-bond donors (Lipinski definition) is 2. The van der Waals surface area contributed by atoms with Crippen LogP contribution in [0.4, 0.5) is 0 Å². The van der Waals surface area contributed by atoms with Crippen LogP contribution in [0.5, 0.6) is 0 Å². The maximum absolute atomic E-state index is 12.0. The number of thiol groups is 1. The predicted octanol–water partition coefficient (Wildman–Crippen LogP) is 3.99. The Hall–Kier alpha value is -0.960. The second kappa shape index (κ2) is 7.72. The summed E-state index contributed by atoms with van der Waals surface area (Å²) in [5.41, 5.74) is 1.06. The van der Waals surface area contributed by atoms with Gasteiger partial charge in [0.2, 0.25) is 5.91 Å². The molecule has 0 aliphatic heterocycles. The van der Waals surface area contributed by atoms with Crippen LogP contribution in [0.1, 0.15) is 51.0 Å². The number of nitrogens with one attached hydrogen (secondary N) is 1. The molecule has 3 heteroatoms. The fraction of sp³-hybridized carbons (Fsp3) is 0.588. The smallest absolute Gasteiger partial charge is 0.224 e. The topological polar surface area (TPSA) is 29.1 Å². The second-order valence-corrected chi connectivity index (χ2v) is 6.43. The van der Waals surface area contributed by atoms with Gasteiger partial charge in [0, 0.05) is 10.9 Å². The molecule has 1 amide bonds. The summed E-state index contributed by atoms with van der Waals surface area (Å²) in [4.78, 5) is 13.0. The normalized spacial score (nSPS) is 22.5. The maximum Gasteiger partial charge on any atom is 0.224 e. The zero-order valence-corrected chi connectivity index (χ0v) is 13.2. The van der Waals surface area contributed by atoms with Gasteiger partial charge in [-0.15, -0.1) is 12.6 Å². The Morgan fingerprint density at radius 2 is 1.85 bits per heavy atom. The molecule has 0 bridgehead atoms. The van der Waals surface area contributed by atoms with Gasteiger partial charge >= 0.3 is 0 Å². The molecular formula is C17H25NOS. The molecule has 0 spiro atoms. The summed E-state index contributed by atoms with van der Waals surface area (Å²) in [6.45, 7) is 2.25. The van der Waals surface area contributed by atoms with Gasteiger partial charge in [-0.05, 0) is 49.3 Å². The maximum atomic E-state index is 12.0.